The first kappa shape index (κ1) is 16.4. The zero-order valence-electron chi connectivity index (χ0n) is 13.2. The van der Waals surface area contributed by atoms with E-state index in [1.165, 1.54) is 21.3 Å². The van der Waals surface area contributed by atoms with Crippen molar-refractivity contribution in [2.45, 2.75) is 13.8 Å². The summed E-state index contributed by atoms with van der Waals surface area (Å²) in [6.07, 6.45) is 0. The van der Waals surface area contributed by atoms with Gasteiger partial charge in [-0.15, -0.1) is 0 Å². The molecule has 0 radical (unpaired) electrons. The van der Waals surface area contributed by atoms with Crippen molar-refractivity contribution in [3.8, 4) is 17.2 Å². The Morgan fingerprint density at radius 3 is 2.00 bits per heavy atom. The van der Waals surface area contributed by atoms with E-state index in [0.29, 0.717) is 27.3 Å². The van der Waals surface area contributed by atoms with Gasteiger partial charge in [0.1, 0.15) is 0 Å². The summed E-state index contributed by atoms with van der Waals surface area (Å²) in [6, 6.07) is 5.45. The quantitative estimate of drug-likeness (QED) is 0.828. The molecule has 0 amide bonds. The highest BCUT2D eigenvalue weighted by molar-refractivity contribution is 9.10. The molecule has 1 aromatic heterocycles. The van der Waals surface area contributed by atoms with Crippen LogP contribution in [0.3, 0.4) is 0 Å². The van der Waals surface area contributed by atoms with Gasteiger partial charge in [-0.25, -0.2) is 0 Å². The Kier molecular flexibility index (Phi) is 4.81. The van der Waals surface area contributed by atoms with E-state index in [-0.39, 0.29) is 5.91 Å². The minimum absolute atomic E-state index is 0.161. The molecule has 5 nitrogen and oxygen atoms in total. The van der Waals surface area contributed by atoms with Crippen LogP contribution in [0.1, 0.15) is 21.7 Å². The fraction of sp³-hybridized carbons (Fsp3) is 0.312. The van der Waals surface area contributed by atoms with Crippen LogP contribution in [0.5, 0.6) is 17.2 Å². The smallest absolute Gasteiger partial charge is 0.263 e. The molecule has 6 heteroatoms. The predicted molar refractivity (Wildman–Crippen MR) is 87.4 cm³/mol. The van der Waals surface area contributed by atoms with Crippen LogP contribution in [0.15, 0.2) is 22.7 Å². The van der Waals surface area contributed by atoms with E-state index >= 15 is 0 Å². The molecule has 2 aromatic rings. The number of methoxy groups -OCH3 is 3. The third-order valence-corrected chi connectivity index (χ3v) is 4.26. The normalized spacial score (nSPS) is 10.5. The lowest BCUT2D eigenvalue weighted by molar-refractivity contribution is 0.0954. The Balaban J connectivity index is 2.68. The Labute approximate surface area is 137 Å². The molecule has 0 unspecified atom stereocenters. The first-order valence-electron chi connectivity index (χ1n) is 6.64. The monoisotopic (exact) mass is 367 g/mol. The van der Waals surface area contributed by atoms with Crippen LogP contribution in [-0.4, -0.2) is 31.8 Å². The molecule has 0 aliphatic rings. The summed E-state index contributed by atoms with van der Waals surface area (Å²) in [4.78, 5) is 12.9. The van der Waals surface area contributed by atoms with Crippen molar-refractivity contribution < 1.29 is 19.0 Å². The first-order valence-corrected chi connectivity index (χ1v) is 7.43. The number of hydrogen-bond acceptors (Lipinski definition) is 4. The van der Waals surface area contributed by atoms with Crippen molar-refractivity contribution in [1.82, 2.24) is 4.57 Å². The third-order valence-electron chi connectivity index (χ3n) is 3.47. The SMILES string of the molecule is COc1cc(C(=O)n2c(C)ccc2C)c(Br)c(OC)c1OC. The molecule has 0 saturated heterocycles. The van der Waals surface area contributed by atoms with E-state index in [9.17, 15) is 4.79 Å². The minimum Gasteiger partial charge on any atom is -0.493 e. The second-order valence-corrected chi connectivity index (χ2v) is 5.56. The Morgan fingerprint density at radius 1 is 1.00 bits per heavy atom. The minimum atomic E-state index is -0.161. The van der Waals surface area contributed by atoms with Crippen LogP contribution in [0, 0.1) is 13.8 Å². The summed E-state index contributed by atoms with van der Waals surface area (Å²) in [5.41, 5.74) is 2.17. The number of hydrogen-bond donors (Lipinski definition) is 0. The Bertz CT molecular complexity index is 702. The highest BCUT2D eigenvalue weighted by Crippen LogP contribution is 2.45. The number of aryl methyl sites for hydroxylation is 2. The summed E-state index contributed by atoms with van der Waals surface area (Å²) in [7, 11) is 4.56. The van der Waals surface area contributed by atoms with Gasteiger partial charge in [0.05, 0.1) is 31.4 Å². The van der Waals surface area contributed by atoms with E-state index < -0.39 is 0 Å². The summed E-state index contributed by atoms with van der Waals surface area (Å²) in [6.45, 7) is 3.77. The average molecular weight is 368 g/mol. The maximum absolute atomic E-state index is 12.9. The van der Waals surface area contributed by atoms with E-state index in [0.717, 1.165) is 11.4 Å². The summed E-state index contributed by atoms with van der Waals surface area (Å²) < 4.78 is 18.2. The lowest BCUT2D eigenvalue weighted by atomic mass is 10.1. The van der Waals surface area contributed by atoms with Gasteiger partial charge in [-0.1, -0.05) is 0 Å². The summed E-state index contributed by atoms with van der Waals surface area (Å²) in [5, 5.41) is 0. The van der Waals surface area contributed by atoms with Gasteiger partial charge in [0.25, 0.3) is 5.91 Å². The first-order chi connectivity index (χ1) is 10.5. The van der Waals surface area contributed by atoms with E-state index in [1.54, 1.807) is 10.6 Å². The van der Waals surface area contributed by atoms with Crippen LogP contribution in [0.2, 0.25) is 0 Å². The highest BCUT2D eigenvalue weighted by atomic mass is 79.9. The van der Waals surface area contributed by atoms with Gasteiger partial charge in [0.2, 0.25) is 5.75 Å². The van der Waals surface area contributed by atoms with Crippen LogP contribution in [0.4, 0.5) is 0 Å². The van der Waals surface area contributed by atoms with Gasteiger partial charge in [-0.05, 0) is 48.0 Å². The van der Waals surface area contributed by atoms with Crippen LogP contribution in [0.25, 0.3) is 0 Å². The average Bonchev–Trinajstić information content (AvgIpc) is 2.84. The van der Waals surface area contributed by atoms with Crippen molar-refractivity contribution >= 4 is 21.8 Å². The molecular weight excluding hydrogens is 350 g/mol. The molecule has 0 fully saturated rings. The zero-order chi connectivity index (χ0) is 16.4. The van der Waals surface area contributed by atoms with Gasteiger partial charge in [0.15, 0.2) is 11.5 Å². The number of ether oxygens (including phenoxy) is 3. The Morgan fingerprint density at radius 2 is 1.55 bits per heavy atom. The number of carbonyl (C=O) groups excluding carboxylic acids is 1. The number of nitrogens with zero attached hydrogens (tertiary/aromatic N) is 1. The second-order valence-electron chi connectivity index (χ2n) is 4.76. The molecule has 0 aliphatic heterocycles. The summed E-state index contributed by atoms with van der Waals surface area (Å²) in [5.74, 6) is 1.14. The van der Waals surface area contributed by atoms with Crippen molar-refractivity contribution in [3.63, 3.8) is 0 Å². The molecule has 118 valence electrons. The molecule has 0 bridgehead atoms. The highest BCUT2D eigenvalue weighted by Gasteiger charge is 2.24. The van der Waals surface area contributed by atoms with Gasteiger partial charge < -0.3 is 14.2 Å². The molecule has 22 heavy (non-hydrogen) atoms. The van der Waals surface area contributed by atoms with Crippen molar-refractivity contribution in [1.29, 1.82) is 0 Å². The number of carbonyl (C=O) groups is 1. The molecule has 0 atom stereocenters. The molecule has 1 heterocycles. The number of benzene rings is 1. The van der Waals surface area contributed by atoms with Crippen LogP contribution >= 0.6 is 15.9 Å². The molecule has 2 rings (SSSR count). The lowest BCUT2D eigenvalue weighted by Crippen LogP contribution is -2.16. The van der Waals surface area contributed by atoms with Crippen molar-refractivity contribution in [2.75, 3.05) is 21.3 Å². The van der Waals surface area contributed by atoms with Crippen LogP contribution < -0.4 is 14.2 Å². The summed E-state index contributed by atoms with van der Waals surface area (Å²) >= 11 is 3.44. The van der Waals surface area contributed by atoms with Crippen LogP contribution in [-0.2, 0) is 0 Å². The maximum atomic E-state index is 12.9. The number of halogens is 1. The third kappa shape index (κ3) is 2.59. The van der Waals surface area contributed by atoms with Gasteiger partial charge >= 0.3 is 0 Å². The van der Waals surface area contributed by atoms with Crippen molar-refractivity contribution in [2.24, 2.45) is 0 Å². The predicted octanol–water partition coefficient (Wildman–Crippen LogP) is 3.58. The maximum Gasteiger partial charge on any atom is 0.263 e. The lowest BCUT2D eigenvalue weighted by Gasteiger charge is -2.17. The Hall–Kier alpha value is -1.95. The van der Waals surface area contributed by atoms with E-state index in [2.05, 4.69) is 15.9 Å². The fourth-order valence-corrected chi connectivity index (χ4v) is 3.01. The standard InChI is InChI=1S/C16H18BrNO4/c1-9-6-7-10(2)18(9)16(19)11-8-12(20-3)14(21-4)15(22-5)13(11)17/h6-8H,1-5H3. The van der Waals surface area contributed by atoms with Gasteiger partial charge in [-0.3, -0.25) is 9.36 Å². The molecule has 0 spiro atoms. The topological polar surface area (TPSA) is 49.7 Å². The number of aromatic nitrogens is 1. The second kappa shape index (κ2) is 6.44. The zero-order valence-corrected chi connectivity index (χ0v) is 14.8. The largest absolute Gasteiger partial charge is 0.493 e. The molecule has 0 aliphatic carbocycles. The van der Waals surface area contributed by atoms with Gasteiger partial charge in [0, 0.05) is 11.4 Å². The molecule has 0 N–H and O–H groups in total. The van der Waals surface area contributed by atoms with E-state index in [1.807, 2.05) is 26.0 Å². The van der Waals surface area contributed by atoms with E-state index in [4.69, 9.17) is 14.2 Å². The molecule has 0 saturated carbocycles. The molecular formula is C16H18BrNO4. The number of rotatable bonds is 4. The molecule has 1 aromatic carbocycles. The van der Waals surface area contributed by atoms with Gasteiger partial charge in [-0.2, -0.15) is 0 Å². The fourth-order valence-electron chi connectivity index (χ4n) is 2.39. The van der Waals surface area contributed by atoms with Crippen molar-refractivity contribution in [3.05, 3.63) is 39.6 Å².